The molecular weight excluding hydrogens is 222 g/mol. The van der Waals surface area contributed by atoms with Gasteiger partial charge in [-0.15, -0.1) is 0 Å². The van der Waals surface area contributed by atoms with Crippen LogP contribution in [0, 0.1) is 0 Å². The number of aliphatic carboxylic acids is 1. The van der Waals surface area contributed by atoms with E-state index in [9.17, 15) is 9.90 Å². The molecule has 0 aliphatic heterocycles. The lowest BCUT2D eigenvalue weighted by Gasteiger charge is -2.19. The summed E-state index contributed by atoms with van der Waals surface area (Å²) in [6.07, 6.45) is -0.109. The van der Waals surface area contributed by atoms with Crippen molar-refractivity contribution in [3.63, 3.8) is 0 Å². The summed E-state index contributed by atoms with van der Waals surface area (Å²) in [5.41, 5.74) is 5.66. The Balaban J connectivity index is 3.23. The van der Waals surface area contributed by atoms with Crippen LogP contribution in [0.4, 0.5) is 0 Å². The summed E-state index contributed by atoms with van der Waals surface area (Å²) < 4.78 is 5.48. The summed E-state index contributed by atoms with van der Waals surface area (Å²) >= 11 is 0. The number of rotatable bonds is 5. The molecule has 17 heavy (non-hydrogen) atoms. The second-order valence-electron chi connectivity index (χ2n) is 3.98. The lowest BCUT2D eigenvalue weighted by molar-refractivity contribution is -0.138. The Morgan fingerprint density at radius 1 is 1.47 bits per heavy atom. The molecule has 0 bridgehead atoms. The van der Waals surface area contributed by atoms with E-state index in [1.165, 1.54) is 6.07 Å². The number of hydrogen-bond acceptors (Lipinski definition) is 4. The molecule has 94 valence electrons. The highest BCUT2D eigenvalue weighted by Gasteiger charge is 2.25. The van der Waals surface area contributed by atoms with Crippen molar-refractivity contribution in [2.75, 3.05) is 6.54 Å². The number of carboxylic acids is 1. The molecule has 0 amide bonds. The number of ether oxygens (including phenoxy) is 1. The fourth-order valence-corrected chi connectivity index (χ4v) is 1.58. The third-order valence-corrected chi connectivity index (χ3v) is 2.29. The van der Waals surface area contributed by atoms with Gasteiger partial charge in [0.05, 0.1) is 11.7 Å². The van der Waals surface area contributed by atoms with Crippen LogP contribution in [-0.4, -0.2) is 28.8 Å². The third-order valence-electron chi connectivity index (χ3n) is 2.29. The summed E-state index contributed by atoms with van der Waals surface area (Å²) in [4.78, 5) is 11.1. The fourth-order valence-electron chi connectivity index (χ4n) is 1.58. The molecule has 5 heteroatoms. The van der Waals surface area contributed by atoms with Crippen LogP contribution in [0.15, 0.2) is 18.2 Å². The van der Waals surface area contributed by atoms with Crippen molar-refractivity contribution in [3.8, 4) is 11.5 Å². The van der Waals surface area contributed by atoms with Gasteiger partial charge in [0, 0.05) is 6.54 Å². The van der Waals surface area contributed by atoms with Gasteiger partial charge in [0.15, 0.2) is 0 Å². The molecule has 1 atom stereocenters. The molecule has 0 aliphatic carbocycles. The minimum absolute atomic E-state index is 0.0959. The first-order valence-electron chi connectivity index (χ1n) is 5.38. The van der Waals surface area contributed by atoms with Gasteiger partial charge in [-0.2, -0.15) is 0 Å². The topological polar surface area (TPSA) is 92.8 Å². The van der Waals surface area contributed by atoms with E-state index in [0.29, 0.717) is 5.75 Å². The van der Waals surface area contributed by atoms with Crippen LogP contribution in [0.25, 0.3) is 0 Å². The highest BCUT2D eigenvalue weighted by Crippen LogP contribution is 2.34. The zero-order chi connectivity index (χ0) is 13.0. The second-order valence-corrected chi connectivity index (χ2v) is 3.98. The number of benzene rings is 1. The SMILES string of the molecule is CC(C)Oc1cccc(O)c1C(CN)C(=O)O. The maximum absolute atomic E-state index is 11.1. The highest BCUT2D eigenvalue weighted by atomic mass is 16.5. The normalized spacial score (nSPS) is 12.5. The molecule has 1 aromatic carbocycles. The Labute approximate surface area is 99.8 Å². The van der Waals surface area contributed by atoms with E-state index in [1.54, 1.807) is 12.1 Å². The Morgan fingerprint density at radius 2 is 2.12 bits per heavy atom. The molecule has 4 N–H and O–H groups in total. The van der Waals surface area contributed by atoms with E-state index >= 15 is 0 Å². The van der Waals surface area contributed by atoms with Crippen molar-refractivity contribution < 1.29 is 19.7 Å². The first kappa shape index (κ1) is 13.3. The van der Waals surface area contributed by atoms with E-state index in [-0.39, 0.29) is 24.0 Å². The van der Waals surface area contributed by atoms with Gasteiger partial charge in [-0.05, 0) is 26.0 Å². The Bertz CT molecular complexity index is 403. The first-order chi connectivity index (χ1) is 7.97. The Morgan fingerprint density at radius 3 is 2.59 bits per heavy atom. The number of nitrogens with two attached hydrogens (primary N) is 1. The molecule has 0 radical (unpaired) electrons. The first-order valence-corrected chi connectivity index (χ1v) is 5.38. The van der Waals surface area contributed by atoms with Crippen LogP contribution in [0.5, 0.6) is 11.5 Å². The molecule has 5 nitrogen and oxygen atoms in total. The standard InChI is InChI=1S/C12H17NO4/c1-7(2)17-10-5-3-4-9(14)11(10)8(6-13)12(15)16/h3-5,7-8,14H,6,13H2,1-2H3,(H,15,16). The summed E-state index contributed by atoms with van der Waals surface area (Å²) in [6, 6.07) is 4.65. The molecule has 0 fully saturated rings. The summed E-state index contributed by atoms with van der Waals surface area (Å²) in [6.45, 7) is 3.56. The van der Waals surface area contributed by atoms with Gasteiger partial charge in [-0.25, -0.2) is 0 Å². The van der Waals surface area contributed by atoms with Crippen LogP contribution in [0.1, 0.15) is 25.3 Å². The lowest BCUT2D eigenvalue weighted by atomic mass is 9.97. The lowest BCUT2D eigenvalue weighted by Crippen LogP contribution is -2.22. The summed E-state index contributed by atoms with van der Waals surface area (Å²) in [5.74, 6) is -1.80. The van der Waals surface area contributed by atoms with E-state index in [4.69, 9.17) is 15.6 Å². The van der Waals surface area contributed by atoms with Gasteiger partial charge in [0.25, 0.3) is 0 Å². The molecule has 0 aromatic heterocycles. The summed E-state index contributed by atoms with van der Waals surface area (Å²) in [5, 5.41) is 18.8. The molecule has 0 saturated carbocycles. The maximum atomic E-state index is 11.1. The minimum Gasteiger partial charge on any atom is -0.508 e. The Hall–Kier alpha value is -1.75. The summed E-state index contributed by atoms with van der Waals surface area (Å²) in [7, 11) is 0. The van der Waals surface area contributed by atoms with Crippen LogP contribution < -0.4 is 10.5 Å². The van der Waals surface area contributed by atoms with Gasteiger partial charge in [0.2, 0.25) is 0 Å². The number of aromatic hydroxyl groups is 1. The molecule has 0 saturated heterocycles. The molecule has 0 aliphatic rings. The van der Waals surface area contributed by atoms with Gasteiger partial charge >= 0.3 is 5.97 Å². The van der Waals surface area contributed by atoms with Crippen LogP contribution in [-0.2, 0) is 4.79 Å². The number of phenols is 1. The van der Waals surface area contributed by atoms with Crippen LogP contribution >= 0.6 is 0 Å². The predicted octanol–water partition coefficient (Wildman–Crippen LogP) is 1.31. The van der Waals surface area contributed by atoms with Crippen LogP contribution in [0.2, 0.25) is 0 Å². The zero-order valence-corrected chi connectivity index (χ0v) is 9.88. The van der Waals surface area contributed by atoms with E-state index in [0.717, 1.165) is 0 Å². The number of phenolic OH excluding ortho intramolecular Hbond substituents is 1. The van der Waals surface area contributed by atoms with Gasteiger partial charge in [-0.3, -0.25) is 4.79 Å². The number of carbonyl (C=O) groups is 1. The predicted molar refractivity (Wildman–Crippen MR) is 63.3 cm³/mol. The number of carboxylic acid groups (broad SMARTS) is 1. The quantitative estimate of drug-likeness (QED) is 0.720. The molecule has 0 spiro atoms. The zero-order valence-electron chi connectivity index (χ0n) is 9.88. The molecule has 0 heterocycles. The number of hydrogen-bond donors (Lipinski definition) is 3. The average molecular weight is 239 g/mol. The maximum Gasteiger partial charge on any atom is 0.312 e. The van der Waals surface area contributed by atoms with E-state index in [2.05, 4.69) is 0 Å². The minimum atomic E-state index is -1.08. The van der Waals surface area contributed by atoms with Gasteiger partial charge in [0.1, 0.15) is 17.4 Å². The Kier molecular flexibility index (Phi) is 4.34. The van der Waals surface area contributed by atoms with Crippen molar-refractivity contribution in [1.29, 1.82) is 0 Å². The molecular formula is C12H17NO4. The smallest absolute Gasteiger partial charge is 0.312 e. The van der Waals surface area contributed by atoms with E-state index < -0.39 is 11.9 Å². The average Bonchev–Trinajstić information content (AvgIpc) is 2.21. The molecule has 1 unspecified atom stereocenters. The van der Waals surface area contributed by atoms with Gasteiger partial charge < -0.3 is 20.7 Å². The highest BCUT2D eigenvalue weighted by molar-refractivity contribution is 5.79. The monoisotopic (exact) mass is 239 g/mol. The van der Waals surface area contributed by atoms with Crippen molar-refractivity contribution in [3.05, 3.63) is 23.8 Å². The van der Waals surface area contributed by atoms with Gasteiger partial charge in [-0.1, -0.05) is 6.07 Å². The molecule has 1 rings (SSSR count). The largest absolute Gasteiger partial charge is 0.508 e. The van der Waals surface area contributed by atoms with Crippen molar-refractivity contribution in [2.45, 2.75) is 25.9 Å². The van der Waals surface area contributed by atoms with E-state index in [1.807, 2.05) is 13.8 Å². The third kappa shape index (κ3) is 3.10. The van der Waals surface area contributed by atoms with Crippen LogP contribution in [0.3, 0.4) is 0 Å². The second kappa shape index (κ2) is 5.54. The molecule has 1 aromatic rings. The van der Waals surface area contributed by atoms with Crippen molar-refractivity contribution in [1.82, 2.24) is 0 Å². The van der Waals surface area contributed by atoms with Crippen molar-refractivity contribution >= 4 is 5.97 Å². The van der Waals surface area contributed by atoms with Crippen molar-refractivity contribution in [2.24, 2.45) is 5.73 Å². The fraction of sp³-hybridized carbons (Fsp3) is 0.417.